The lowest BCUT2D eigenvalue weighted by atomic mass is 9.91. The topological polar surface area (TPSA) is 46.3 Å². The molecular formula is C12H17BrN2OS. The summed E-state index contributed by atoms with van der Waals surface area (Å²) in [5.74, 6) is 0.118. The molecule has 1 aromatic rings. The molecule has 0 unspecified atom stereocenters. The normalized spacial score (nSPS) is 24.6. The second-order valence-electron chi connectivity index (χ2n) is 4.58. The van der Waals surface area contributed by atoms with Crippen LogP contribution in [-0.2, 0) is 0 Å². The predicted molar refractivity (Wildman–Crippen MR) is 74.3 cm³/mol. The van der Waals surface area contributed by atoms with E-state index in [2.05, 4.69) is 15.9 Å². The van der Waals surface area contributed by atoms with Crippen LogP contribution in [0.2, 0.25) is 0 Å². The number of nitrogens with zero attached hydrogens (tertiary/aromatic N) is 1. The van der Waals surface area contributed by atoms with Gasteiger partial charge in [-0.15, -0.1) is 11.3 Å². The maximum Gasteiger partial charge on any atom is 0.265 e. The van der Waals surface area contributed by atoms with Gasteiger partial charge in [0.1, 0.15) is 4.88 Å². The standard InChI is InChI=1S/C12H17BrN2OS/c1-15(9-4-2-8(14)3-5-9)12(16)11-10(13)6-7-17-11/h6-9H,2-5,14H2,1H3. The molecule has 0 atom stereocenters. The highest BCUT2D eigenvalue weighted by atomic mass is 79.9. The first-order valence-corrected chi connectivity index (χ1v) is 7.52. The molecule has 94 valence electrons. The largest absolute Gasteiger partial charge is 0.338 e. The van der Waals surface area contributed by atoms with Crippen LogP contribution in [0, 0.1) is 0 Å². The number of nitrogens with two attached hydrogens (primary N) is 1. The highest BCUT2D eigenvalue weighted by Crippen LogP contribution is 2.27. The van der Waals surface area contributed by atoms with E-state index in [9.17, 15) is 4.79 Å². The van der Waals surface area contributed by atoms with Gasteiger partial charge in [0, 0.05) is 23.6 Å². The molecule has 5 heteroatoms. The molecule has 2 N–H and O–H groups in total. The molecule has 0 bridgehead atoms. The molecule has 0 spiro atoms. The van der Waals surface area contributed by atoms with Gasteiger partial charge in [0.2, 0.25) is 0 Å². The lowest BCUT2D eigenvalue weighted by Gasteiger charge is -2.33. The number of amides is 1. The van der Waals surface area contributed by atoms with Gasteiger partial charge in [0.05, 0.1) is 0 Å². The molecule has 0 aliphatic heterocycles. The molecule has 3 nitrogen and oxygen atoms in total. The molecule has 1 aromatic heterocycles. The van der Waals surface area contributed by atoms with Crippen molar-refractivity contribution >= 4 is 33.2 Å². The van der Waals surface area contributed by atoms with E-state index in [1.54, 1.807) is 0 Å². The monoisotopic (exact) mass is 316 g/mol. The Morgan fingerprint density at radius 1 is 1.47 bits per heavy atom. The summed E-state index contributed by atoms with van der Waals surface area (Å²) in [5.41, 5.74) is 5.88. The van der Waals surface area contributed by atoms with Crippen LogP contribution >= 0.6 is 27.3 Å². The summed E-state index contributed by atoms with van der Waals surface area (Å²) in [5, 5.41) is 1.93. The highest BCUT2D eigenvalue weighted by Gasteiger charge is 2.26. The Balaban J connectivity index is 2.03. The van der Waals surface area contributed by atoms with E-state index in [4.69, 9.17) is 5.73 Å². The van der Waals surface area contributed by atoms with Gasteiger partial charge in [-0.25, -0.2) is 0 Å². The van der Waals surface area contributed by atoms with E-state index in [0.29, 0.717) is 12.1 Å². The zero-order chi connectivity index (χ0) is 12.4. The van der Waals surface area contributed by atoms with Gasteiger partial charge < -0.3 is 10.6 Å². The van der Waals surface area contributed by atoms with Crippen molar-refractivity contribution in [3.05, 3.63) is 20.8 Å². The van der Waals surface area contributed by atoms with E-state index in [1.807, 2.05) is 23.4 Å². The minimum absolute atomic E-state index is 0.118. The van der Waals surface area contributed by atoms with Crippen molar-refractivity contribution in [2.75, 3.05) is 7.05 Å². The Kier molecular flexibility index (Phi) is 4.22. The van der Waals surface area contributed by atoms with E-state index in [1.165, 1.54) is 11.3 Å². The molecule has 0 aromatic carbocycles. The summed E-state index contributed by atoms with van der Waals surface area (Å²) in [6.07, 6.45) is 4.08. The number of hydrogen-bond donors (Lipinski definition) is 1. The fourth-order valence-electron chi connectivity index (χ4n) is 2.26. The smallest absolute Gasteiger partial charge is 0.265 e. The van der Waals surface area contributed by atoms with Crippen LogP contribution < -0.4 is 5.73 Å². The van der Waals surface area contributed by atoms with Crippen molar-refractivity contribution in [1.82, 2.24) is 4.90 Å². The van der Waals surface area contributed by atoms with Gasteiger partial charge in [0.25, 0.3) is 5.91 Å². The van der Waals surface area contributed by atoms with Gasteiger partial charge in [0.15, 0.2) is 0 Å². The van der Waals surface area contributed by atoms with E-state index in [0.717, 1.165) is 35.0 Å². The molecule has 1 heterocycles. The number of hydrogen-bond acceptors (Lipinski definition) is 3. The molecule has 0 saturated heterocycles. The fraction of sp³-hybridized carbons (Fsp3) is 0.583. The van der Waals surface area contributed by atoms with E-state index < -0.39 is 0 Å². The predicted octanol–water partition coefficient (Wildman–Crippen LogP) is 2.85. The van der Waals surface area contributed by atoms with Crippen LogP contribution in [0.4, 0.5) is 0 Å². The van der Waals surface area contributed by atoms with Gasteiger partial charge in [-0.2, -0.15) is 0 Å². The minimum Gasteiger partial charge on any atom is -0.338 e. The maximum atomic E-state index is 12.3. The summed E-state index contributed by atoms with van der Waals surface area (Å²) in [7, 11) is 1.90. The first-order chi connectivity index (χ1) is 8.09. The molecular weight excluding hydrogens is 300 g/mol. The van der Waals surface area contributed by atoms with Gasteiger partial charge in [-0.05, 0) is 53.1 Å². The van der Waals surface area contributed by atoms with E-state index >= 15 is 0 Å². The zero-order valence-corrected chi connectivity index (χ0v) is 12.3. The molecule has 1 fully saturated rings. The van der Waals surface area contributed by atoms with Gasteiger partial charge in [-0.1, -0.05) is 0 Å². The average Bonchev–Trinajstić information content (AvgIpc) is 2.74. The third kappa shape index (κ3) is 2.89. The average molecular weight is 317 g/mol. The third-order valence-electron chi connectivity index (χ3n) is 3.42. The SMILES string of the molecule is CN(C(=O)c1sccc1Br)C1CCC(N)CC1. The summed E-state index contributed by atoms with van der Waals surface area (Å²) >= 11 is 4.90. The summed E-state index contributed by atoms with van der Waals surface area (Å²) in [4.78, 5) is 15.0. The Hall–Kier alpha value is -0.390. The third-order valence-corrected chi connectivity index (χ3v) is 5.25. The van der Waals surface area contributed by atoms with Crippen LogP contribution in [0.15, 0.2) is 15.9 Å². The second kappa shape index (κ2) is 5.50. The zero-order valence-electron chi connectivity index (χ0n) is 9.86. The molecule has 0 radical (unpaired) electrons. The van der Waals surface area contributed by atoms with Crippen LogP contribution in [0.3, 0.4) is 0 Å². The lowest BCUT2D eigenvalue weighted by Crippen LogP contribution is -2.41. The summed E-state index contributed by atoms with van der Waals surface area (Å²) in [6.45, 7) is 0. The Bertz CT molecular complexity index is 399. The van der Waals surface area contributed by atoms with Crippen molar-refractivity contribution < 1.29 is 4.79 Å². The maximum absolute atomic E-state index is 12.3. The van der Waals surface area contributed by atoms with Crippen molar-refractivity contribution in [2.45, 2.75) is 37.8 Å². The molecule has 1 aliphatic rings. The lowest BCUT2D eigenvalue weighted by molar-refractivity contribution is 0.0694. The van der Waals surface area contributed by atoms with Gasteiger partial charge >= 0.3 is 0 Å². The van der Waals surface area contributed by atoms with Crippen LogP contribution in [0.25, 0.3) is 0 Å². The van der Waals surface area contributed by atoms with Crippen molar-refractivity contribution in [3.63, 3.8) is 0 Å². The summed E-state index contributed by atoms with van der Waals surface area (Å²) < 4.78 is 0.895. The fourth-order valence-corrected chi connectivity index (χ4v) is 3.78. The number of carbonyl (C=O) groups excluding carboxylic acids is 1. The number of carbonyl (C=O) groups is 1. The first-order valence-electron chi connectivity index (χ1n) is 5.85. The number of rotatable bonds is 2. The van der Waals surface area contributed by atoms with Crippen LogP contribution in [0.1, 0.15) is 35.4 Å². The molecule has 1 saturated carbocycles. The summed E-state index contributed by atoms with van der Waals surface area (Å²) in [6, 6.07) is 2.59. The van der Waals surface area contributed by atoms with Crippen molar-refractivity contribution in [2.24, 2.45) is 5.73 Å². The molecule has 17 heavy (non-hydrogen) atoms. The Labute approximate surface area is 114 Å². The Morgan fingerprint density at radius 2 is 2.12 bits per heavy atom. The second-order valence-corrected chi connectivity index (χ2v) is 6.35. The first kappa shape index (κ1) is 13.1. The molecule has 2 rings (SSSR count). The highest BCUT2D eigenvalue weighted by molar-refractivity contribution is 9.10. The Morgan fingerprint density at radius 3 is 2.65 bits per heavy atom. The van der Waals surface area contributed by atoms with Gasteiger partial charge in [-0.3, -0.25) is 4.79 Å². The quantitative estimate of drug-likeness (QED) is 0.912. The molecule has 1 aliphatic carbocycles. The van der Waals surface area contributed by atoms with E-state index in [-0.39, 0.29) is 5.91 Å². The molecule has 1 amide bonds. The van der Waals surface area contributed by atoms with Crippen LogP contribution in [-0.4, -0.2) is 29.9 Å². The minimum atomic E-state index is 0.118. The van der Waals surface area contributed by atoms with Crippen LogP contribution in [0.5, 0.6) is 0 Å². The number of halogens is 1. The number of thiophene rings is 1. The van der Waals surface area contributed by atoms with Crippen molar-refractivity contribution in [1.29, 1.82) is 0 Å². The van der Waals surface area contributed by atoms with Crippen molar-refractivity contribution in [3.8, 4) is 0 Å².